The number of carbonyl (C=O) groups excluding carboxylic acids is 2. The van der Waals surface area contributed by atoms with Crippen molar-refractivity contribution < 1.29 is 9.59 Å². The smallest absolute Gasteiger partial charge is 0.287 e. The number of hydrogen-bond donors (Lipinski definition) is 0. The van der Waals surface area contributed by atoms with Crippen molar-refractivity contribution in [2.75, 3.05) is 0 Å². The van der Waals surface area contributed by atoms with E-state index >= 15 is 0 Å². The number of isocyanates is 1. The molecule has 3 aromatic rings. The summed E-state index contributed by atoms with van der Waals surface area (Å²) in [5.41, 5.74) is 3.58. The number of fused-ring (bicyclic) bond motifs is 1. The van der Waals surface area contributed by atoms with Gasteiger partial charge in [-0.2, -0.15) is 0 Å². The summed E-state index contributed by atoms with van der Waals surface area (Å²) >= 11 is 0. The van der Waals surface area contributed by atoms with Crippen LogP contribution < -0.4 is 5.56 Å². The van der Waals surface area contributed by atoms with Gasteiger partial charge in [0.25, 0.3) is 11.5 Å². The van der Waals surface area contributed by atoms with Crippen LogP contribution in [0.4, 0.5) is 0 Å². The molecule has 2 heterocycles. The third-order valence-electron chi connectivity index (χ3n) is 4.17. The number of aryl methyl sites for hydroxylation is 3. The molecule has 0 bridgehead atoms. The number of rotatable bonds is 2. The molecule has 0 aliphatic heterocycles. The van der Waals surface area contributed by atoms with Crippen LogP contribution in [0.1, 0.15) is 21.6 Å². The molecule has 0 spiro atoms. The lowest BCUT2D eigenvalue weighted by molar-refractivity contribution is 0.100. The maximum absolute atomic E-state index is 12.8. The number of benzene rings is 1. The molecule has 6 nitrogen and oxygen atoms in total. The molecule has 0 atom stereocenters. The highest BCUT2D eigenvalue weighted by atomic mass is 16.2. The van der Waals surface area contributed by atoms with Crippen molar-refractivity contribution in [1.82, 2.24) is 9.55 Å². The number of hydrogen-bond acceptors (Lipinski definition) is 4. The summed E-state index contributed by atoms with van der Waals surface area (Å²) in [6.07, 6.45) is 2.96. The summed E-state index contributed by atoms with van der Waals surface area (Å²) in [5.74, 6) is -0.689. The van der Waals surface area contributed by atoms with Gasteiger partial charge in [0, 0.05) is 35.5 Å². The van der Waals surface area contributed by atoms with Crippen molar-refractivity contribution >= 4 is 22.9 Å². The number of carbonyl (C=O) groups is 1. The van der Waals surface area contributed by atoms with E-state index in [1.165, 1.54) is 6.08 Å². The molecule has 0 radical (unpaired) electrons. The van der Waals surface area contributed by atoms with Crippen molar-refractivity contribution in [3.05, 3.63) is 63.7 Å². The zero-order valence-corrected chi connectivity index (χ0v) is 14.0. The third-order valence-corrected chi connectivity index (χ3v) is 4.17. The molecule has 0 saturated heterocycles. The monoisotopic (exact) mass is 333 g/mol. The van der Waals surface area contributed by atoms with Crippen molar-refractivity contribution in [3.63, 3.8) is 0 Å². The van der Waals surface area contributed by atoms with Gasteiger partial charge in [-0.25, -0.2) is 4.79 Å². The molecule has 0 aliphatic rings. The zero-order valence-electron chi connectivity index (χ0n) is 14.0. The third kappa shape index (κ3) is 2.91. The maximum Gasteiger partial charge on any atom is 0.287 e. The number of aromatic nitrogens is 2. The van der Waals surface area contributed by atoms with Crippen LogP contribution in [0.3, 0.4) is 0 Å². The van der Waals surface area contributed by atoms with Gasteiger partial charge in [0.1, 0.15) is 0 Å². The fourth-order valence-corrected chi connectivity index (χ4v) is 2.81. The van der Waals surface area contributed by atoms with Gasteiger partial charge < -0.3 is 4.57 Å². The maximum atomic E-state index is 12.8. The van der Waals surface area contributed by atoms with Gasteiger partial charge in [0.15, 0.2) is 0 Å². The normalized spacial score (nSPS) is 10.5. The molecule has 0 aliphatic carbocycles. The van der Waals surface area contributed by atoms with Gasteiger partial charge in [-0.05, 0) is 49.2 Å². The molecule has 1 amide bonds. The first kappa shape index (κ1) is 16.5. The van der Waals surface area contributed by atoms with E-state index in [2.05, 4.69) is 9.98 Å². The van der Waals surface area contributed by atoms with Crippen molar-refractivity contribution in [2.45, 2.75) is 13.8 Å². The summed E-state index contributed by atoms with van der Waals surface area (Å²) in [5, 5.41) is 0.824. The molecular weight excluding hydrogens is 318 g/mol. The molecule has 3 rings (SSSR count). The van der Waals surface area contributed by atoms with E-state index in [4.69, 9.17) is 0 Å². The van der Waals surface area contributed by atoms with Gasteiger partial charge in [-0.15, -0.1) is 4.99 Å². The molecule has 2 aromatic heterocycles. The highest BCUT2D eigenvalue weighted by Crippen LogP contribution is 2.25. The highest BCUT2D eigenvalue weighted by Gasteiger charge is 2.14. The van der Waals surface area contributed by atoms with Crippen molar-refractivity contribution in [1.29, 1.82) is 0 Å². The molecule has 0 N–H and O–H groups in total. The lowest BCUT2D eigenvalue weighted by Crippen LogP contribution is -2.19. The molecule has 1 aromatic carbocycles. The van der Waals surface area contributed by atoms with Crippen LogP contribution in [0, 0.1) is 13.8 Å². The second-order valence-electron chi connectivity index (χ2n) is 5.84. The van der Waals surface area contributed by atoms with Crippen molar-refractivity contribution in [3.8, 4) is 11.1 Å². The quantitative estimate of drug-likeness (QED) is 0.533. The molecular formula is C19H15N3O3. The second kappa shape index (κ2) is 6.26. The van der Waals surface area contributed by atoms with Gasteiger partial charge >= 0.3 is 0 Å². The van der Waals surface area contributed by atoms with Gasteiger partial charge in [0.2, 0.25) is 6.08 Å². The van der Waals surface area contributed by atoms with Crippen LogP contribution in [-0.2, 0) is 11.8 Å². The Balaban J connectivity index is 2.30. The van der Waals surface area contributed by atoms with Crippen LogP contribution in [0.15, 0.2) is 46.3 Å². The van der Waals surface area contributed by atoms with Gasteiger partial charge in [-0.1, -0.05) is 6.07 Å². The van der Waals surface area contributed by atoms with E-state index in [-0.39, 0.29) is 11.1 Å². The predicted octanol–water partition coefficient (Wildman–Crippen LogP) is 2.69. The van der Waals surface area contributed by atoms with Crippen LogP contribution in [0.5, 0.6) is 0 Å². The minimum atomic E-state index is -0.689. The van der Waals surface area contributed by atoms with E-state index in [0.717, 1.165) is 22.2 Å². The van der Waals surface area contributed by atoms with E-state index in [1.54, 1.807) is 42.1 Å². The molecule has 0 saturated carbocycles. The molecule has 0 unspecified atom stereocenters. The zero-order chi connectivity index (χ0) is 18.1. The molecule has 0 fully saturated rings. The van der Waals surface area contributed by atoms with Gasteiger partial charge in [-0.3, -0.25) is 14.6 Å². The summed E-state index contributed by atoms with van der Waals surface area (Å²) in [7, 11) is 1.70. The number of aliphatic imine (C=N–C) groups is 1. The molecule has 124 valence electrons. The largest absolute Gasteiger partial charge is 0.311 e. The lowest BCUT2D eigenvalue weighted by Gasteiger charge is -2.12. The van der Waals surface area contributed by atoms with E-state index in [1.807, 2.05) is 19.9 Å². The first-order valence-corrected chi connectivity index (χ1v) is 7.62. The van der Waals surface area contributed by atoms with E-state index in [9.17, 15) is 14.4 Å². The molecule has 25 heavy (non-hydrogen) atoms. The minimum absolute atomic E-state index is 0.176. The SMILES string of the molecule is Cc1cc2c(cn1)cc(-c1cc(C(=O)N=C=O)ccc1C)c(=O)n2C. The lowest BCUT2D eigenvalue weighted by atomic mass is 9.97. The van der Waals surface area contributed by atoms with Crippen LogP contribution in [0.2, 0.25) is 0 Å². The van der Waals surface area contributed by atoms with E-state index in [0.29, 0.717) is 11.1 Å². The van der Waals surface area contributed by atoms with Crippen molar-refractivity contribution in [2.24, 2.45) is 12.0 Å². The Morgan fingerprint density at radius 3 is 2.64 bits per heavy atom. The number of amides is 1. The molecule has 6 heteroatoms. The topological polar surface area (TPSA) is 81.4 Å². The summed E-state index contributed by atoms with van der Waals surface area (Å²) in [4.78, 5) is 42.4. The minimum Gasteiger partial charge on any atom is -0.311 e. The average molecular weight is 333 g/mol. The van der Waals surface area contributed by atoms with Crippen LogP contribution >= 0.6 is 0 Å². The first-order chi connectivity index (χ1) is 11.9. The summed E-state index contributed by atoms with van der Waals surface area (Å²) < 4.78 is 1.57. The number of pyridine rings is 2. The second-order valence-corrected chi connectivity index (χ2v) is 5.84. The summed E-state index contributed by atoms with van der Waals surface area (Å²) in [6, 6.07) is 8.48. The Hall–Kier alpha value is -3.37. The first-order valence-electron chi connectivity index (χ1n) is 7.62. The fourth-order valence-electron chi connectivity index (χ4n) is 2.81. The van der Waals surface area contributed by atoms with Gasteiger partial charge in [0.05, 0.1) is 5.52 Å². The Labute approximate surface area is 143 Å². The van der Waals surface area contributed by atoms with Crippen LogP contribution in [0.25, 0.3) is 22.0 Å². The summed E-state index contributed by atoms with van der Waals surface area (Å²) in [6.45, 7) is 3.72. The highest BCUT2D eigenvalue weighted by molar-refractivity contribution is 5.99. The fraction of sp³-hybridized carbons (Fsp3) is 0.158. The Morgan fingerprint density at radius 2 is 1.92 bits per heavy atom. The Kier molecular flexibility index (Phi) is 4.13. The number of nitrogens with zero attached hydrogens (tertiary/aromatic N) is 3. The standard InChI is InChI=1S/C19H15N3O3/c1-11-4-5-13(18(24)21-10-23)7-15(11)16-8-14-9-20-12(2)6-17(14)22(3)19(16)25/h4-9H,1-3H3. The average Bonchev–Trinajstić information content (AvgIpc) is 2.59. The Bertz CT molecular complexity index is 1120. The Morgan fingerprint density at radius 1 is 1.16 bits per heavy atom. The van der Waals surface area contributed by atoms with E-state index < -0.39 is 5.91 Å². The predicted molar refractivity (Wildman–Crippen MR) is 94.3 cm³/mol. The van der Waals surface area contributed by atoms with Crippen LogP contribution in [-0.4, -0.2) is 21.5 Å².